The quantitative estimate of drug-likeness (QED) is 0.610. The molecule has 0 saturated carbocycles. The third kappa shape index (κ3) is 1.52. The van der Waals surface area contributed by atoms with E-state index in [9.17, 15) is 0 Å². The van der Waals surface area contributed by atoms with Crippen molar-refractivity contribution < 1.29 is 5.11 Å². The number of hydrogen-bond donors (Lipinski definition) is 2. The normalized spacial score (nSPS) is 10.4. The van der Waals surface area contributed by atoms with Crippen LogP contribution >= 0.6 is 0 Å². The Labute approximate surface area is 59.6 Å². The first-order chi connectivity index (χ1) is 4.83. The summed E-state index contributed by atoms with van der Waals surface area (Å²) in [6, 6.07) is 6.82. The lowest BCUT2D eigenvalue weighted by Crippen LogP contribution is -1.76. The molecule has 0 fully saturated rings. The Morgan fingerprint density at radius 1 is 1.20 bits per heavy atom. The molecule has 0 spiro atoms. The molecule has 0 bridgehead atoms. The van der Waals surface area contributed by atoms with Crippen LogP contribution in [0.5, 0.6) is 5.75 Å². The SMILES string of the molecule is N/C=C/c1ccc(O)cc1. The Balaban J connectivity index is 2.89. The predicted octanol–water partition coefficient (Wildman–Crippen LogP) is 1.32. The van der Waals surface area contributed by atoms with Crippen LogP contribution in [0.25, 0.3) is 6.08 Å². The van der Waals surface area contributed by atoms with Gasteiger partial charge >= 0.3 is 0 Å². The third-order valence-corrected chi connectivity index (χ3v) is 1.18. The number of phenolic OH excluding ortho intramolecular Hbond substituents is 1. The Hall–Kier alpha value is -1.44. The Kier molecular flexibility index (Phi) is 1.95. The molecule has 0 unspecified atom stereocenters. The summed E-state index contributed by atoms with van der Waals surface area (Å²) in [4.78, 5) is 0. The second-order valence-electron chi connectivity index (χ2n) is 1.95. The van der Waals surface area contributed by atoms with Gasteiger partial charge in [-0.05, 0) is 30.0 Å². The lowest BCUT2D eigenvalue weighted by molar-refractivity contribution is 0.475. The smallest absolute Gasteiger partial charge is 0.115 e. The molecule has 1 aromatic carbocycles. The van der Waals surface area contributed by atoms with Crippen LogP contribution in [0.15, 0.2) is 30.5 Å². The molecule has 0 atom stereocenters. The molecule has 1 aromatic rings. The number of nitrogens with two attached hydrogens (primary N) is 1. The molecule has 0 radical (unpaired) electrons. The summed E-state index contributed by atoms with van der Waals surface area (Å²) in [6.45, 7) is 0. The van der Waals surface area contributed by atoms with Gasteiger partial charge in [0.05, 0.1) is 0 Å². The first-order valence-electron chi connectivity index (χ1n) is 3.00. The van der Waals surface area contributed by atoms with Gasteiger partial charge in [0.1, 0.15) is 5.75 Å². The maximum atomic E-state index is 8.87. The molecule has 0 saturated heterocycles. The fourth-order valence-electron chi connectivity index (χ4n) is 0.697. The predicted molar refractivity (Wildman–Crippen MR) is 41.3 cm³/mol. The van der Waals surface area contributed by atoms with Gasteiger partial charge in [0.2, 0.25) is 0 Å². The minimum atomic E-state index is 0.272. The number of benzene rings is 1. The molecule has 1 rings (SSSR count). The molecule has 0 amide bonds. The highest BCUT2D eigenvalue weighted by Gasteiger charge is 1.85. The Morgan fingerprint density at radius 2 is 1.80 bits per heavy atom. The molecule has 0 aliphatic heterocycles. The first-order valence-corrected chi connectivity index (χ1v) is 3.00. The largest absolute Gasteiger partial charge is 0.508 e. The summed E-state index contributed by atoms with van der Waals surface area (Å²) < 4.78 is 0. The molecule has 3 N–H and O–H groups in total. The molecule has 0 aliphatic rings. The number of hydrogen-bond acceptors (Lipinski definition) is 2. The highest BCUT2D eigenvalue weighted by molar-refractivity contribution is 5.49. The van der Waals surface area contributed by atoms with Crippen LogP contribution < -0.4 is 5.73 Å². The van der Waals surface area contributed by atoms with E-state index in [-0.39, 0.29) is 5.75 Å². The van der Waals surface area contributed by atoms with Crippen molar-refractivity contribution in [3.63, 3.8) is 0 Å². The average Bonchev–Trinajstić information content (AvgIpc) is 1.95. The first kappa shape index (κ1) is 6.68. The molecular formula is C8H9NO. The van der Waals surface area contributed by atoms with Crippen molar-refractivity contribution in [1.82, 2.24) is 0 Å². The molecule has 2 heteroatoms. The van der Waals surface area contributed by atoms with Crippen molar-refractivity contribution in [2.45, 2.75) is 0 Å². The zero-order chi connectivity index (χ0) is 7.40. The maximum Gasteiger partial charge on any atom is 0.115 e. The summed E-state index contributed by atoms with van der Waals surface area (Å²) in [5, 5.41) is 8.87. The molecule has 0 aliphatic carbocycles. The van der Waals surface area contributed by atoms with Crippen molar-refractivity contribution in [2.24, 2.45) is 5.73 Å². The Bertz CT molecular complexity index is 226. The number of aromatic hydroxyl groups is 1. The highest BCUT2D eigenvalue weighted by Crippen LogP contribution is 2.09. The van der Waals surface area contributed by atoms with E-state index in [1.165, 1.54) is 6.20 Å². The van der Waals surface area contributed by atoms with E-state index in [2.05, 4.69) is 0 Å². The van der Waals surface area contributed by atoms with Gasteiger partial charge in [-0.15, -0.1) is 0 Å². The topological polar surface area (TPSA) is 46.2 Å². The molecule has 0 heterocycles. The van der Waals surface area contributed by atoms with Gasteiger partial charge in [0.15, 0.2) is 0 Å². The van der Waals surface area contributed by atoms with Crippen molar-refractivity contribution in [3.8, 4) is 5.75 Å². The second-order valence-corrected chi connectivity index (χ2v) is 1.95. The van der Waals surface area contributed by atoms with Crippen molar-refractivity contribution in [2.75, 3.05) is 0 Å². The lowest BCUT2D eigenvalue weighted by Gasteiger charge is -1.91. The molecule has 2 nitrogen and oxygen atoms in total. The van der Waals surface area contributed by atoms with E-state index in [1.54, 1.807) is 30.3 Å². The minimum absolute atomic E-state index is 0.272. The molecule has 10 heavy (non-hydrogen) atoms. The van der Waals surface area contributed by atoms with Crippen molar-refractivity contribution >= 4 is 6.08 Å². The van der Waals surface area contributed by atoms with Crippen LogP contribution in [-0.2, 0) is 0 Å². The number of phenols is 1. The van der Waals surface area contributed by atoms with E-state index >= 15 is 0 Å². The van der Waals surface area contributed by atoms with Crippen LogP contribution in [0.3, 0.4) is 0 Å². The standard InChI is InChI=1S/C8H9NO/c9-6-5-7-1-3-8(10)4-2-7/h1-6,10H,9H2/b6-5+. The summed E-state index contributed by atoms with van der Waals surface area (Å²) >= 11 is 0. The van der Waals surface area contributed by atoms with Crippen molar-refractivity contribution in [3.05, 3.63) is 36.0 Å². The fraction of sp³-hybridized carbons (Fsp3) is 0. The lowest BCUT2D eigenvalue weighted by atomic mass is 10.2. The van der Waals surface area contributed by atoms with E-state index in [0.29, 0.717) is 0 Å². The molecule has 0 aromatic heterocycles. The van der Waals surface area contributed by atoms with E-state index in [4.69, 9.17) is 10.8 Å². The minimum Gasteiger partial charge on any atom is -0.508 e. The van der Waals surface area contributed by atoms with Gasteiger partial charge in [0.25, 0.3) is 0 Å². The zero-order valence-corrected chi connectivity index (χ0v) is 5.49. The van der Waals surface area contributed by atoms with Gasteiger partial charge in [0, 0.05) is 0 Å². The number of rotatable bonds is 1. The van der Waals surface area contributed by atoms with Gasteiger partial charge < -0.3 is 10.8 Å². The monoisotopic (exact) mass is 135 g/mol. The van der Waals surface area contributed by atoms with Gasteiger partial charge in [-0.1, -0.05) is 12.1 Å². The Morgan fingerprint density at radius 3 is 2.30 bits per heavy atom. The van der Waals surface area contributed by atoms with E-state index in [0.717, 1.165) is 5.56 Å². The average molecular weight is 135 g/mol. The molecule has 52 valence electrons. The van der Waals surface area contributed by atoms with Crippen LogP contribution in [0.2, 0.25) is 0 Å². The summed E-state index contributed by atoms with van der Waals surface area (Å²) in [7, 11) is 0. The van der Waals surface area contributed by atoms with Crippen molar-refractivity contribution in [1.29, 1.82) is 0 Å². The van der Waals surface area contributed by atoms with Crippen LogP contribution in [0.4, 0.5) is 0 Å². The summed E-state index contributed by atoms with van der Waals surface area (Å²) in [5.74, 6) is 0.272. The zero-order valence-electron chi connectivity index (χ0n) is 5.49. The summed E-state index contributed by atoms with van der Waals surface area (Å²) in [5.41, 5.74) is 6.14. The van der Waals surface area contributed by atoms with E-state index < -0.39 is 0 Å². The van der Waals surface area contributed by atoms with E-state index in [1.807, 2.05) is 0 Å². The van der Waals surface area contributed by atoms with Gasteiger partial charge in [-0.3, -0.25) is 0 Å². The highest BCUT2D eigenvalue weighted by atomic mass is 16.3. The fourth-order valence-corrected chi connectivity index (χ4v) is 0.697. The second kappa shape index (κ2) is 2.92. The summed E-state index contributed by atoms with van der Waals surface area (Å²) in [6.07, 6.45) is 3.23. The van der Waals surface area contributed by atoms with Gasteiger partial charge in [-0.2, -0.15) is 0 Å². The van der Waals surface area contributed by atoms with Crippen LogP contribution in [0.1, 0.15) is 5.56 Å². The van der Waals surface area contributed by atoms with Crippen LogP contribution in [0, 0.1) is 0 Å². The maximum absolute atomic E-state index is 8.87. The van der Waals surface area contributed by atoms with Crippen LogP contribution in [-0.4, -0.2) is 5.11 Å². The molecular weight excluding hydrogens is 126 g/mol. The third-order valence-electron chi connectivity index (χ3n) is 1.18. The van der Waals surface area contributed by atoms with Gasteiger partial charge in [-0.25, -0.2) is 0 Å².